The van der Waals surface area contributed by atoms with Crippen LogP contribution in [0.25, 0.3) is 0 Å². The van der Waals surface area contributed by atoms with Crippen LogP contribution in [0, 0.1) is 12.8 Å². The van der Waals surface area contributed by atoms with Crippen molar-refractivity contribution in [1.29, 1.82) is 0 Å². The van der Waals surface area contributed by atoms with E-state index in [0.29, 0.717) is 17.4 Å². The van der Waals surface area contributed by atoms with E-state index in [9.17, 15) is 9.59 Å². The average Bonchev–Trinajstić information content (AvgIpc) is 3.08. The van der Waals surface area contributed by atoms with E-state index in [4.69, 9.17) is 4.74 Å². The van der Waals surface area contributed by atoms with Crippen molar-refractivity contribution in [1.82, 2.24) is 10.2 Å². The SMILES string of the molecule is Cc1ccc(C(=O)NC(COCC(C)C)C(=O)Nc2ccc3c(c2)CCN(C)CC3)s1. The quantitative estimate of drug-likeness (QED) is 0.655. The second-order valence-electron chi connectivity index (χ2n) is 8.64. The molecule has 3 rings (SSSR count). The number of aryl methyl sites for hydroxylation is 1. The lowest BCUT2D eigenvalue weighted by atomic mass is 10.0. The standard InChI is InChI=1S/C24H33N3O3S/c1-16(2)14-30-15-21(26-24(29)22-8-5-17(3)31-22)23(28)25-20-7-6-18-9-11-27(4)12-10-19(18)13-20/h5-8,13,16,21H,9-12,14-15H2,1-4H3,(H,25,28)(H,26,29). The Kier molecular flexibility index (Phi) is 8.23. The molecule has 6 nitrogen and oxygen atoms in total. The van der Waals surface area contributed by atoms with Crippen LogP contribution in [0.3, 0.4) is 0 Å². The smallest absolute Gasteiger partial charge is 0.262 e. The molecule has 0 aliphatic carbocycles. The largest absolute Gasteiger partial charge is 0.378 e. The predicted octanol–water partition coefficient (Wildman–Crippen LogP) is 3.50. The van der Waals surface area contributed by atoms with Gasteiger partial charge in [-0.2, -0.15) is 0 Å². The van der Waals surface area contributed by atoms with Crippen LogP contribution in [0.4, 0.5) is 5.69 Å². The van der Waals surface area contributed by atoms with Gasteiger partial charge in [0.1, 0.15) is 6.04 Å². The van der Waals surface area contributed by atoms with Crippen LogP contribution in [0.1, 0.15) is 39.5 Å². The third-order valence-corrected chi connectivity index (χ3v) is 6.32. The monoisotopic (exact) mass is 443 g/mol. The fraction of sp³-hybridized carbons (Fsp3) is 0.500. The van der Waals surface area contributed by atoms with Gasteiger partial charge in [-0.25, -0.2) is 0 Å². The molecule has 1 aliphatic rings. The van der Waals surface area contributed by atoms with Gasteiger partial charge in [0.05, 0.1) is 11.5 Å². The lowest BCUT2D eigenvalue weighted by molar-refractivity contribution is -0.119. The van der Waals surface area contributed by atoms with Crippen molar-refractivity contribution in [3.63, 3.8) is 0 Å². The van der Waals surface area contributed by atoms with Crippen LogP contribution in [-0.2, 0) is 22.4 Å². The van der Waals surface area contributed by atoms with Crippen molar-refractivity contribution in [2.45, 2.75) is 39.7 Å². The summed E-state index contributed by atoms with van der Waals surface area (Å²) in [6, 6.07) is 9.02. The molecule has 0 bridgehead atoms. The summed E-state index contributed by atoms with van der Waals surface area (Å²) in [5.74, 6) is -0.172. The first-order valence-corrected chi connectivity index (χ1v) is 11.7. The van der Waals surface area contributed by atoms with Crippen molar-refractivity contribution in [2.24, 2.45) is 5.92 Å². The van der Waals surface area contributed by atoms with Gasteiger partial charge in [-0.05, 0) is 68.1 Å². The van der Waals surface area contributed by atoms with Gasteiger partial charge >= 0.3 is 0 Å². The number of amides is 2. The Morgan fingerprint density at radius 1 is 1.10 bits per heavy atom. The van der Waals surface area contributed by atoms with E-state index in [0.717, 1.165) is 36.5 Å². The van der Waals surface area contributed by atoms with E-state index in [2.05, 4.69) is 48.6 Å². The maximum atomic E-state index is 13.0. The highest BCUT2D eigenvalue weighted by Gasteiger charge is 2.23. The van der Waals surface area contributed by atoms with E-state index in [1.54, 1.807) is 6.07 Å². The normalized spacial score (nSPS) is 15.3. The summed E-state index contributed by atoms with van der Waals surface area (Å²) < 4.78 is 5.70. The Morgan fingerprint density at radius 2 is 1.84 bits per heavy atom. The maximum absolute atomic E-state index is 13.0. The zero-order valence-electron chi connectivity index (χ0n) is 18.9. The Hall–Kier alpha value is -2.22. The van der Waals surface area contributed by atoms with E-state index < -0.39 is 6.04 Å². The summed E-state index contributed by atoms with van der Waals surface area (Å²) in [5.41, 5.74) is 3.36. The third kappa shape index (κ3) is 6.89. The molecule has 1 aromatic heterocycles. The molecular formula is C24H33N3O3S. The Morgan fingerprint density at radius 3 is 2.52 bits per heavy atom. The summed E-state index contributed by atoms with van der Waals surface area (Å²) in [7, 11) is 2.13. The fourth-order valence-electron chi connectivity index (χ4n) is 3.53. The molecule has 7 heteroatoms. The van der Waals surface area contributed by atoms with Gasteiger partial charge in [0.2, 0.25) is 5.91 Å². The molecule has 0 saturated carbocycles. The summed E-state index contributed by atoms with van der Waals surface area (Å²) >= 11 is 1.41. The van der Waals surface area contributed by atoms with E-state index in [1.165, 1.54) is 22.5 Å². The number of hydrogen-bond acceptors (Lipinski definition) is 5. The Labute approximate surface area is 189 Å². The van der Waals surface area contributed by atoms with Crippen LogP contribution < -0.4 is 10.6 Å². The zero-order chi connectivity index (χ0) is 22.4. The van der Waals surface area contributed by atoms with Crippen LogP contribution in [0.15, 0.2) is 30.3 Å². The molecule has 31 heavy (non-hydrogen) atoms. The number of carbonyl (C=O) groups excluding carboxylic acids is 2. The predicted molar refractivity (Wildman–Crippen MR) is 126 cm³/mol. The molecule has 2 heterocycles. The number of fused-ring (bicyclic) bond motifs is 1. The van der Waals surface area contributed by atoms with Crippen LogP contribution in [0.2, 0.25) is 0 Å². The van der Waals surface area contributed by atoms with E-state index in [-0.39, 0.29) is 18.4 Å². The first kappa shape index (κ1) is 23.4. The third-order valence-electron chi connectivity index (χ3n) is 5.32. The van der Waals surface area contributed by atoms with Crippen molar-refractivity contribution >= 4 is 28.8 Å². The fourth-order valence-corrected chi connectivity index (χ4v) is 4.31. The van der Waals surface area contributed by atoms with Crippen molar-refractivity contribution in [2.75, 3.05) is 38.7 Å². The highest BCUT2D eigenvalue weighted by Crippen LogP contribution is 2.20. The van der Waals surface area contributed by atoms with Crippen molar-refractivity contribution < 1.29 is 14.3 Å². The molecule has 1 aromatic carbocycles. The topological polar surface area (TPSA) is 70.7 Å². The number of nitrogens with one attached hydrogen (secondary N) is 2. The second kappa shape index (κ2) is 10.9. The molecule has 1 atom stereocenters. The van der Waals surface area contributed by atoms with E-state index in [1.807, 2.05) is 19.1 Å². The number of benzene rings is 1. The number of carbonyl (C=O) groups is 2. The number of ether oxygens (including phenoxy) is 1. The first-order valence-electron chi connectivity index (χ1n) is 10.9. The van der Waals surface area contributed by atoms with Crippen molar-refractivity contribution in [3.8, 4) is 0 Å². The minimum atomic E-state index is -0.765. The molecule has 1 unspecified atom stereocenters. The summed E-state index contributed by atoms with van der Waals surface area (Å²) in [6.45, 7) is 8.77. The van der Waals surface area contributed by atoms with Crippen LogP contribution >= 0.6 is 11.3 Å². The van der Waals surface area contributed by atoms with Gasteiger partial charge in [-0.3, -0.25) is 9.59 Å². The highest BCUT2D eigenvalue weighted by molar-refractivity contribution is 7.13. The average molecular weight is 444 g/mol. The van der Waals surface area contributed by atoms with Gasteiger partial charge in [-0.1, -0.05) is 19.9 Å². The second-order valence-corrected chi connectivity index (χ2v) is 9.93. The van der Waals surface area contributed by atoms with Gasteiger partial charge in [0, 0.05) is 30.3 Å². The summed E-state index contributed by atoms with van der Waals surface area (Å²) in [4.78, 5) is 29.6. The van der Waals surface area contributed by atoms with Gasteiger partial charge < -0.3 is 20.3 Å². The lowest BCUT2D eigenvalue weighted by Gasteiger charge is -2.19. The molecular weight excluding hydrogens is 410 g/mol. The number of nitrogens with zero attached hydrogens (tertiary/aromatic N) is 1. The van der Waals surface area contributed by atoms with Gasteiger partial charge in [-0.15, -0.1) is 11.3 Å². The van der Waals surface area contributed by atoms with Gasteiger partial charge in [0.15, 0.2) is 0 Å². The molecule has 168 valence electrons. The number of thiophene rings is 1. The molecule has 1 aliphatic heterocycles. The van der Waals surface area contributed by atoms with Crippen LogP contribution in [-0.4, -0.2) is 56.1 Å². The highest BCUT2D eigenvalue weighted by atomic mass is 32.1. The Bertz CT molecular complexity index is 909. The molecule has 2 N–H and O–H groups in total. The molecule has 2 aromatic rings. The molecule has 0 saturated heterocycles. The first-order chi connectivity index (χ1) is 14.8. The summed E-state index contributed by atoms with van der Waals surface area (Å²) in [6.07, 6.45) is 1.98. The lowest BCUT2D eigenvalue weighted by Crippen LogP contribution is -2.46. The number of rotatable bonds is 8. The van der Waals surface area contributed by atoms with Gasteiger partial charge in [0.25, 0.3) is 5.91 Å². The number of hydrogen-bond donors (Lipinski definition) is 2. The molecule has 0 fully saturated rings. The molecule has 0 radical (unpaired) electrons. The van der Waals surface area contributed by atoms with E-state index >= 15 is 0 Å². The van der Waals surface area contributed by atoms with Crippen molar-refractivity contribution in [3.05, 3.63) is 51.2 Å². The maximum Gasteiger partial charge on any atom is 0.262 e. The molecule has 2 amide bonds. The van der Waals surface area contributed by atoms with Crippen LogP contribution in [0.5, 0.6) is 0 Å². The Balaban J connectivity index is 1.69. The minimum Gasteiger partial charge on any atom is -0.378 e. The minimum absolute atomic E-state index is 0.135. The number of likely N-dealkylation sites (N-methyl/N-ethyl adjacent to an activating group) is 1. The number of anilines is 1. The molecule has 0 spiro atoms. The zero-order valence-corrected chi connectivity index (χ0v) is 19.7. The summed E-state index contributed by atoms with van der Waals surface area (Å²) in [5, 5.41) is 5.83.